The average Bonchev–Trinajstić information content (AvgIpc) is 2.39. The summed E-state index contributed by atoms with van der Waals surface area (Å²) in [5, 5.41) is 2.66. The van der Waals surface area contributed by atoms with E-state index in [1.165, 1.54) is 11.8 Å². The highest BCUT2D eigenvalue weighted by Crippen LogP contribution is 2.14. The Morgan fingerprint density at radius 2 is 2.05 bits per heavy atom. The zero-order valence-electron chi connectivity index (χ0n) is 14.0. The average molecular weight is 330 g/mol. The van der Waals surface area contributed by atoms with E-state index in [0.717, 1.165) is 0 Å². The molecule has 1 rings (SSSR count). The fourth-order valence-electron chi connectivity index (χ4n) is 2.14. The summed E-state index contributed by atoms with van der Waals surface area (Å²) in [4.78, 5) is 38.2. The number of hydrogen-bond acceptors (Lipinski definition) is 5. The van der Waals surface area contributed by atoms with Crippen molar-refractivity contribution >= 4 is 29.5 Å². The summed E-state index contributed by atoms with van der Waals surface area (Å²) in [5.74, 6) is 0.0662. The van der Waals surface area contributed by atoms with E-state index in [1.807, 2.05) is 13.8 Å². The zero-order chi connectivity index (χ0) is 16.9. The highest BCUT2D eigenvalue weighted by Gasteiger charge is 2.32. The van der Waals surface area contributed by atoms with Gasteiger partial charge in [0.2, 0.25) is 11.8 Å². The lowest BCUT2D eigenvalue weighted by Crippen LogP contribution is -2.52. The lowest BCUT2D eigenvalue weighted by atomic mass is 10.1. The molecule has 6 nitrogen and oxygen atoms in total. The van der Waals surface area contributed by atoms with Crippen LogP contribution in [0.1, 0.15) is 41.0 Å². The second-order valence-electron chi connectivity index (χ2n) is 6.59. The molecule has 0 bridgehead atoms. The van der Waals surface area contributed by atoms with Crippen LogP contribution in [-0.4, -0.2) is 58.4 Å². The molecule has 1 aliphatic rings. The van der Waals surface area contributed by atoms with Gasteiger partial charge >= 0.3 is 5.97 Å². The quantitative estimate of drug-likeness (QED) is 0.787. The van der Waals surface area contributed by atoms with Gasteiger partial charge in [0.1, 0.15) is 11.6 Å². The Hall–Kier alpha value is -1.24. The van der Waals surface area contributed by atoms with Crippen LogP contribution in [0.2, 0.25) is 0 Å². The number of amides is 2. The minimum Gasteiger partial charge on any atom is -0.460 e. The zero-order valence-corrected chi connectivity index (χ0v) is 14.8. The maximum Gasteiger partial charge on any atom is 0.308 e. The molecule has 1 unspecified atom stereocenters. The number of carbonyl (C=O) groups excluding carboxylic acids is 3. The van der Waals surface area contributed by atoms with Gasteiger partial charge in [-0.25, -0.2) is 0 Å². The van der Waals surface area contributed by atoms with Gasteiger partial charge in [0.25, 0.3) is 0 Å². The predicted octanol–water partition coefficient (Wildman–Crippen LogP) is 1.19. The summed E-state index contributed by atoms with van der Waals surface area (Å²) >= 11 is 1.48. The first-order chi connectivity index (χ1) is 10.1. The molecule has 1 atom stereocenters. The predicted molar refractivity (Wildman–Crippen MR) is 86.6 cm³/mol. The second-order valence-corrected chi connectivity index (χ2v) is 7.69. The van der Waals surface area contributed by atoms with Gasteiger partial charge in [0.15, 0.2) is 0 Å². The molecule has 0 spiro atoms. The molecular formula is C15H26N2O4S. The van der Waals surface area contributed by atoms with E-state index in [1.54, 1.807) is 25.7 Å². The molecule has 126 valence electrons. The van der Waals surface area contributed by atoms with Crippen molar-refractivity contribution in [3.05, 3.63) is 0 Å². The third-order valence-corrected chi connectivity index (χ3v) is 3.98. The van der Waals surface area contributed by atoms with Crippen LogP contribution in [0.25, 0.3) is 0 Å². The Morgan fingerprint density at radius 3 is 2.59 bits per heavy atom. The Labute approximate surface area is 136 Å². The van der Waals surface area contributed by atoms with Crippen molar-refractivity contribution in [2.75, 3.05) is 18.1 Å². The first kappa shape index (κ1) is 18.8. The maximum absolute atomic E-state index is 12.6. The summed E-state index contributed by atoms with van der Waals surface area (Å²) in [6, 6.07) is -0.840. The molecule has 0 radical (unpaired) electrons. The first-order valence-corrected chi connectivity index (χ1v) is 8.65. The first-order valence-electron chi connectivity index (χ1n) is 7.49. The maximum atomic E-state index is 12.6. The monoisotopic (exact) mass is 330 g/mol. The lowest BCUT2D eigenvalue weighted by Gasteiger charge is -2.30. The summed E-state index contributed by atoms with van der Waals surface area (Å²) in [6.45, 7) is 9.73. The van der Waals surface area contributed by atoms with Crippen molar-refractivity contribution in [2.24, 2.45) is 0 Å². The van der Waals surface area contributed by atoms with Crippen LogP contribution in [-0.2, 0) is 19.1 Å². The topological polar surface area (TPSA) is 75.7 Å². The van der Waals surface area contributed by atoms with E-state index in [4.69, 9.17) is 4.74 Å². The number of rotatable bonds is 3. The number of thioether (sulfide) groups is 1. The second kappa shape index (κ2) is 7.85. The van der Waals surface area contributed by atoms with Crippen molar-refractivity contribution in [2.45, 2.75) is 58.7 Å². The van der Waals surface area contributed by atoms with Crippen LogP contribution >= 0.6 is 11.8 Å². The molecule has 0 aromatic heterocycles. The molecule has 1 aliphatic heterocycles. The molecule has 0 aliphatic carbocycles. The summed E-state index contributed by atoms with van der Waals surface area (Å²) in [5.41, 5.74) is -0.615. The Balaban J connectivity index is 2.86. The molecule has 0 aromatic carbocycles. The van der Waals surface area contributed by atoms with Gasteiger partial charge in [-0.1, -0.05) is 0 Å². The van der Waals surface area contributed by atoms with Crippen LogP contribution in [0, 0.1) is 0 Å². The Morgan fingerprint density at radius 1 is 1.41 bits per heavy atom. The molecule has 2 amide bonds. The normalized spacial score (nSPS) is 21.0. The lowest BCUT2D eigenvalue weighted by molar-refractivity contribution is -0.157. The molecule has 0 aromatic rings. The number of nitrogens with one attached hydrogen (secondary N) is 1. The van der Waals surface area contributed by atoms with Crippen LogP contribution < -0.4 is 5.32 Å². The molecule has 1 heterocycles. The van der Waals surface area contributed by atoms with Gasteiger partial charge in [-0.2, -0.15) is 11.8 Å². The van der Waals surface area contributed by atoms with Crippen molar-refractivity contribution < 1.29 is 19.1 Å². The van der Waals surface area contributed by atoms with Crippen molar-refractivity contribution in [1.29, 1.82) is 0 Å². The number of carbonyl (C=O) groups is 3. The van der Waals surface area contributed by atoms with Gasteiger partial charge in [0, 0.05) is 18.3 Å². The van der Waals surface area contributed by atoms with E-state index >= 15 is 0 Å². The molecule has 7 heteroatoms. The van der Waals surface area contributed by atoms with Gasteiger partial charge in [-0.05, 0) is 34.6 Å². The molecular weight excluding hydrogens is 304 g/mol. The summed E-state index contributed by atoms with van der Waals surface area (Å²) < 4.78 is 5.26. The van der Waals surface area contributed by atoms with Crippen molar-refractivity contribution in [3.63, 3.8) is 0 Å². The molecule has 1 saturated heterocycles. The van der Waals surface area contributed by atoms with E-state index in [0.29, 0.717) is 18.1 Å². The van der Waals surface area contributed by atoms with E-state index in [9.17, 15) is 14.4 Å². The number of nitrogens with zero attached hydrogens (tertiary/aromatic N) is 1. The van der Waals surface area contributed by atoms with Crippen LogP contribution in [0.3, 0.4) is 0 Å². The van der Waals surface area contributed by atoms with E-state index < -0.39 is 17.6 Å². The smallest absolute Gasteiger partial charge is 0.308 e. The van der Waals surface area contributed by atoms with Crippen LogP contribution in [0.5, 0.6) is 0 Å². The summed E-state index contributed by atoms with van der Waals surface area (Å²) in [6.07, 6.45) is -0.143. The number of esters is 1. The number of ether oxygens (including phenoxy) is 1. The Bertz CT molecular complexity index is 432. The van der Waals surface area contributed by atoms with Gasteiger partial charge < -0.3 is 15.0 Å². The third kappa shape index (κ3) is 6.25. The van der Waals surface area contributed by atoms with Crippen molar-refractivity contribution in [1.82, 2.24) is 10.2 Å². The Kier molecular flexibility index (Phi) is 6.71. The fraction of sp³-hybridized carbons (Fsp3) is 0.800. The van der Waals surface area contributed by atoms with E-state index in [-0.39, 0.29) is 24.3 Å². The molecule has 1 fully saturated rings. The molecule has 22 heavy (non-hydrogen) atoms. The van der Waals surface area contributed by atoms with Crippen LogP contribution in [0.4, 0.5) is 0 Å². The minimum atomic E-state index is -0.858. The van der Waals surface area contributed by atoms with E-state index in [2.05, 4.69) is 5.32 Å². The third-order valence-electron chi connectivity index (χ3n) is 3.04. The highest BCUT2D eigenvalue weighted by atomic mass is 32.2. The van der Waals surface area contributed by atoms with Crippen molar-refractivity contribution in [3.8, 4) is 0 Å². The molecule has 1 N–H and O–H groups in total. The highest BCUT2D eigenvalue weighted by molar-refractivity contribution is 7.99. The summed E-state index contributed by atoms with van der Waals surface area (Å²) in [7, 11) is 0. The minimum absolute atomic E-state index is 0.0178. The molecule has 0 saturated carbocycles. The van der Waals surface area contributed by atoms with Crippen LogP contribution in [0.15, 0.2) is 0 Å². The van der Waals surface area contributed by atoms with Gasteiger partial charge in [0.05, 0.1) is 12.2 Å². The largest absolute Gasteiger partial charge is 0.460 e. The number of hydrogen-bond donors (Lipinski definition) is 1. The standard InChI is InChI=1S/C15H26N2O4S/c1-10(2)17-6-7-22-9-12(18)16-11(14(17)20)8-13(19)21-15(3,4)5/h10-11H,6-9H2,1-5H3,(H,16,18). The fourth-order valence-corrected chi connectivity index (χ4v) is 2.88. The van der Waals surface area contributed by atoms with Gasteiger partial charge in [-0.3, -0.25) is 14.4 Å². The SMILES string of the molecule is CC(C)N1CCSCC(=O)NC(CC(=O)OC(C)(C)C)C1=O. The van der Waals surface area contributed by atoms with Gasteiger partial charge in [-0.15, -0.1) is 0 Å².